The Morgan fingerprint density at radius 2 is 2.03 bits per heavy atom. The van der Waals surface area contributed by atoms with Crippen LogP contribution in [-0.4, -0.2) is 69.8 Å². The van der Waals surface area contributed by atoms with Crippen LogP contribution in [0, 0.1) is 5.82 Å². The van der Waals surface area contributed by atoms with E-state index in [-0.39, 0.29) is 17.8 Å². The van der Waals surface area contributed by atoms with Crippen molar-refractivity contribution in [2.45, 2.75) is 25.4 Å². The van der Waals surface area contributed by atoms with Gasteiger partial charge in [-0.25, -0.2) is 9.18 Å². The molecule has 192 valence electrons. The van der Waals surface area contributed by atoms with E-state index in [1.165, 1.54) is 23.5 Å². The lowest BCUT2D eigenvalue weighted by Crippen LogP contribution is -2.38. The summed E-state index contributed by atoms with van der Waals surface area (Å²) in [5.41, 5.74) is 1.84. The molecule has 0 atom stereocenters. The van der Waals surface area contributed by atoms with Crippen molar-refractivity contribution in [3.05, 3.63) is 48.5 Å². The fourth-order valence-electron chi connectivity index (χ4n) is 4.07. The number of hydrogen-bond acceptors (Lipinski definition) is 8. The number of carbonyl (C=O) groups is 1. The molecular formula is C25H26FN7O3S. The van der Waals surface area contributed by atoms with E-state index >= 15 is 0 Å². The van der Waals surface area contributed by atoms with Crippen LogP contribution in [0.4, 0.5) is 14.9 Å². The topological polar surface area (TPSA) is 106 Å². The molecule has 6 rings (SSSR count). The molecule has 0 bridgehead atoms. The second-order valence-electron chi connectivity index (χ2n) is 9.07. The third-order valence-electron chi connectivity index (χ3n) is 6.24. The summed E-state index contributed by atoms with van der Waals surface area (Å²) in [5.74, 6) is -0.0223. The van der Waals surface area contributed by atoms with E-state index in [9.17, 15) is 9.18 Å². The molecule has 2 fully saturated rings. The fourth-order valence-corrected chi connectivity index (χ4v) is 5.09. The van der Waals surface area contributed by atoms with Gasteiger partial charge in [0, 0.05) is 49.7 Å². The summed E-state index contributed by atoms with van der Waals surface area (Å²) in [6, 6.07) is 7.88. The summed E-state index contributed by atoms with van der Waals surface area (Å²) >= 11 is 1.47. The Morgan fingerprint density at radius 1 is 1.16 bits per heavy atom. The van der Waals surface area contributed by atoms with Crippen molar-refractivity contribution < 1.29 is 18.7 Å². The standard InChI is InChI=1S/C25H26FN7O3S/c26-18-13-17(29-25(34)28-16-1-2-16)3-4-21(18)36-22-5-6-27-19-14-23(37-24(19)22)20-15-33(31-30-20)8-7-32-9-11-35-12-10-32/h3-6,13-16H,1-2,7-12H2,(H2,28,29,34). The molecule has 3 aromatic heterocycles. The molecule has 2 aliphatic rings. The monoisotopic (exact) mass is 523 g/mol. The first-order chi connectivity index (χ1) is 18.1. The van der Waals surface area contributed by atoms with Crippen molar-refractivity contribution in [1.29, 1.82) is 0 Å². The Kier molecular flexibility index (Phi) is 6.68. The van der Waals surface area contributed by atoms with Gasteiger partial charge in [0.25, 0.3) is 0 Å². The first-order valence-electron chi connectivity index (χ1n) is 12.2. The minimum absolute atomic E-state index is 0.0599. The number of anilines is 1. The molecule has 1 aliphatic heterocycles. The molecule has 1 aromatic carbocycles. The van der Waals surface area contributed by atoms with E-state index < -0.39 is 5.82 Å². The smallest absolute Gasteiger partial charge is 0.319 e. The number of urea groups is 1. The molecule has 0 spiro atoms. The largest absolute Gasteiger partial charge is 0.453 e. The third-order valence-corrected chi connectivity index (χ3v) is 7.40. The number of rotatable bonds is 8. The molecular weight excluding hydrogens is 497 g/mol. The highest BCUT2D eigenvalue weighted by molar-refractivity contribution is 7.22. The van der Waals surface area contributed by atoms with Crippen LogP contribution in [0.5, 0.6) is 11.5 Å². The van der Waals surface area contributed by atoms with E-state index in [2.05, 4.69) is 30.8 Å². The predicted octanol–water partition coefficient (Wildman–Crippen LogP) is 4.10. The van der Waals surface area contributed by atoms with E-state index in [0.717, 1.165) is 73.0 Å². The summed E-state index contributed by atoms with van der Waals surface area (Å²) in [5, 5.41) is 14.1. The van der Waals surface area contributed by atoms with Crippen LogP contribution in [0.3, 0.4) is 0 Å². The van der Waals surface area contributed by atoms with Gasteiger partial charge in [0.1, 0.15) is 11.4 Å². The van der Waals surface area contributed by atoms with Crippen LogP contribution in [-0.2, 0) is 11.3 Å². The van der Waals surface area contributed by atoms with E-state index in [0.29, 0.717) is 11.4 Å². The molecule has 4 heterocycles. The number of aromatic nitrogens is 4. The molecule has 4 aromatic rings. The highest BCUT2D eigenvalue weighted by Gasteiger charge is 2.23. The Bertz CT molecular complexity index is 1410. The van der Waals surface area contributed by atoms with Crippen molar-refractivity contribution >= 4 is 33.3 Å². The Morgan fingerprint density at radius 3 is 2.84 bits per heavy atom. The van der Waals surface area contributed by atoms with Gasteiger partial charge < -0.3 is 20.1 Å². The molecule has 12 heteroatoms. The number of nitrogens with one attached hydrogen (secondary N) is 2. The van der Waals surface area contributed by atoms with Gasteiger partial charge in [0.2, 0.25) is 0 Å². The Balaban J connectivity index is 1.15. The number of fused-ring (bicyclic) bond motifs is 1. The second-order valence-corrected chi connectivity index (χ2v) is 10.1. The van der Waals surface area contributed by atoms with Gasteiger partial charge in [0.15, 0.2) is 11.6 Å². The zero-order chi connectivity index (χ0) is 25.2. The third kappa shape index (κ3) is 5.71. The maximum Gasteiger partial charge on any atom is 0.319 e. The number of morpholine rings is 1. The fraction of sp³-hybridized carbons (Fsp3) is 0.360. The van der Waals surface area contributed by atoms with Gasteiger partial charge in [-0.05, 0) is 31.0 Å². The number of amides is 2. The van der Waals surface area contributed by atoms with E-state index in [1.807, 2.05) is 16.9 Å². The van der Waals surface area contributed by atoms with Crippen LogP contribution < -0.4 is 15.4 Å². The number of hydrogen-bond donors (Lipinski definition) is 2. The summed E-state index contributed by atoms with van der Waals surface area (Å²) in [6.45, 7) is 5.04. The lowest BCUT2D eigenvalue weighted by molar-refractivity contribution is 0.0359. The molecule has 0 radical (unpaired) electrons. The number of ether oxygens (including phenoxy) is 2. The van der Waals surface area contributed by atoms with Crippen LogP contribution in [0.25, 0.3) is 20.8 Å². The van der Waals surface area contributed by atoms with Crippen LogP contribution in [0.1, 0.15) is 12.8 Å². The highest BCUT2D eigenvalue weighted by Crippen LogP contribution is 2.39. The molecule has 2 N–H and O–H groups in total. The van der Waals surface area contributed by atoms with Crippen LogP contribution >= 0.6 is 11.3 Å². The van der Waals surface area contributed by atoms with Gasteiger partial charge >= 0.3 is 6.03 Å². The highest BCUT2D eigenvalue weighted by atomic mass is 32.1. The van der Waals surface area contributed by atoms with Crippen LogP contribution in [0.2, 0.25) is 0 Å². The lowest BCUT2D eigenvalue weighted by Gasteiger charge is -2.26. The molecule has 1 saturated carbocycles. The van der Waals surface area contributed by atoms with Gasteiger partial charge in [-0.3, -0.25) is 14.6 Å². The second kappa shape index (κ2) is 10.4. The molecule has 1 aliphatic carbocycles. The van der Waals surface area contributed by atoms with E-state index in [1.54, 1.807) is 18.3 Å². The maximum absolute atomic E-state index is 14.8. The van der Waals surface area contributed by atoms with Gasteiger partial charge in [-0.15, -0.1) is 16.4 Å². The molecule has 1 saturated heterocycles. The zero-order valence-corrected chi connectivity index (χ0v) is 20.8. The first-order valence-corrected chi connectivity index (χ1v) is 13.1. The van der Waals surface area contributed by atoms with Crippen molar-refractivity contribution in [3.8, 4) is 22.1 Å². The average molecular weight is 524 g/mol. The van der Waals surface area contributed by atoms with Crippen molar-refractivity contribution in [1.82, 2.24) is 30.2 Å². The first kappa shape index (κ1) is 23.8. The van der Waals surface area contributed by atoms with Crippen molar-refractivity contribution in [2.24, 2.45) is 0 Å². The quantitative estimate of drug-likeness (QED) is 0.358. The average Bonchev–Trinajstić information content (AvgIpc) is 3.39. The summed E-state index contributed by atoms with van der Waals surface area (Å²) in [4.78, 5) is 19.6. The summed E-state index contributed by atoms with van der Waals surface area (Å²) in [7, 11) is 0. The SMILES string of the molecule is O=C(Nc1ccc(Oc2ccnc3cc(-c4cn(CCN5CCOCC5)nn4)sc23)c(F)c1)NC1CC1. The molecule has 10 nitrogen and oxygen atoms in total. The van der Waals surface area contributed by atoms with Crippen LogP contribution in [0.15, 0.2) is 42.7 Å². The number of thiophene rings is 1. The predicted molar refractivity (Wildman–Crippen MR) is 138 cm³/mol. The minimum atomic E-state index is -0.575. The maximum atomic E-state index is 14.8. The zero-order valence-electron chi connectivity index (χ0n) is 20.0. The summed E-state index contributed by atoms with van der Waals surface area (Å²) in [6.07, 6.45) is 5.51. The molecule has 2 amide bonds. The number of carbonyl (C=O) groups excluding carboxylic acids is 1. The van der Waals surface area contributed by atoms with Crippen molar-refractivity contribution in [3.63, 3.8) is 0 Å². The normalized spacial score (nSPS) is 16.1. The minimum Gasteiger partial charge on any atom is -0.453 e. The van der Waals surface area contributed by atoms with E-state index in [4.69, 9.17) is 9.47 Å². The van der Waals surface area contributed by atoms with Gasteiger partial charge in [-0.1, -0.05) is 5.21 Å². The number of benzene rings is 1. The number of pyridine rings is 1. The lowest BCUT2D eigenvalue weighted by atomic mass is 10.3. The Hall–Kier alpha value is -3.61. The molecule has 0 unspecified atom stereocenters. The van der Waals surface area contributed by atoms with Gasteiger partial charge in [-0.2, -0.15) is 0 Å². The van der Waals surface area contributed by atoms with Crippen molar-refractivity contribution in [2.75, 3.05) is 38.2 Å². The molecule has 37 heavy (non-hydrogen) atoms. The van der Waals surface area contributed by atoms with Gasteiger partial charge in [0.05, 0.1) is 41.0 Å². The Labute approximate surface area is 216 Å². The summed E-state index contributed by atoms with van der Waals surface area (Å²) < 4.78 is 28.8. The number of nitrogens with zero attached hydrogens (tertiary/aromatic N) is 5. The number of halogens is 1.